The molecule has 94 valence electrons. The number of aryl methyl sites for hydroxylation is 2. The van der Waals surface area contributed by atoms with E-state index in [0.717, 1.165) is 29.8 Å². The summed E-state index contributed by atoms with van der Waals surface area (Å²) in [6, 6.07) is 0.0549. The van der Waals surface area contributed by atoms with Crippen molar-refractivity contribution in [2.75, 3.05) is 6.61 Å². The fraction of sp³-hybridized carbons (Fsp3) is 0.667. The number of aromatic amines is 1. The first-order chi connectivity index (χ1) is 8.13. The number of hydrogen-bond acceptors (Lipinski definition) is 4. The molecule has 1 aliphatic rings. The van der Waals surface area contributed by atoms with Gasteiger partial charge < -0.3 is 4.74 Å². The Hall–Kier alpha value is -1.36. The molecule has 1 aliphatic carbocycles. The Balaban J connectivity index is 2.22. The molecule has 17 heavy (non-hydrogen) atoms. The number of nitrogens with one attached hydrogen (secondary N) is 2. The van der Waals surface area contributed by atoms with Crippen molar-refractivity contribution in [3.05, 3.63) is 17.0 Å². The van der Waals surface area contributed by atoms with E-state index in [4.69, 9.17) is 4.74 Å². The van der Waals surface area contributed by atoms with Crippen LogP contribution < -0.4 is 5.32 Å². The van der Waals surface area contributed by atoms with E-state index in [1.54, 1.807) is 0 Å². The molecule has 2 rings (SSSR count). The lowest BCUT2D eigenvalue weighted by Gasteiger charge is -2.17. The van der Waals surface area contributed by atoms with Gasteiger partial charge in [-0.25, -0.2) is 4.79 Å². The fourth-order valence-corrected chi connectivity index (χ4v) is 1.97. The number of aromatic nitrogens is 2. The van der Waals surface area contributed by atoms with Crippen molar-refractivity contribution in [1.82, 2.24) is 15.5 Å². The van der Waals surface area contributed by atoms with Gasteiger partial charge in [0, 0.05) is 17.3 Å². The zero-order valence-corrected chi connectivity index (χ0v) is 10.5. The van der Waals surface area contributed by atoms with Gasteiger partial charge in [0.15, 0.2) is 0 Å². The molecule has 2 N–H and O–H groups in total. The summed E-state index contributed by atoms with van der Waals surface area (Å²) in [6.07, 6.45) is 2.26. The Kier molecular flexibility index (Phi) is 3.47. The number of H-pyrrole nitrogens is 1. The van der Waals surface area contributed by atoms with Gasteiger partial charge in [-0.3, -0.25) is 10.4 Å². The molecule has 1 atom stereocenters. The van der Waals surface area contributed by atoms with Crippen LogP contribution in [0.1, 0.15) is 42.8 Å². The maximum atomic E-state index is 12.0. The zero-order valence-electron chi connectivity index (χ0n) is 10.5. The molecule has 1 heterocycles. The Morgan fingerprint density at radius 3 is 2.76 bits per heavy atom. The largest absolute Gasteiger partial charge is 0.465 e. The molecule has 0 bridgehead atoms. The molecule has 0 radical (unpaired) electrons. The fourth-order valence-electron chi connectivity index (χ4n) is 1.97. The van der Waals surface area contributed by atoms with Crippen molar-refractivity contribution < 1.29 is 9.53 Å². The second-order valence-electron chi connectivity index (χ2n) is 4.47. The van der Waals surface area contributed by atoms with Crippen LogP contribution in [-0.4, -0.2) is 28.8 Å². The van der Waals surface area contributed by atoms with Crippen LogP contribution in [0, 0.1) is 13.8 Å². The van der Waals surface area contributed by atoms with Crippen LogP contribution in [0.3, 0.4) is 0 Å². The van der Waals surface area contributed by atoms with Gasteiger partial charge in [0.2, 0.25) is 0 Å². The van der Waals surface area contributed by atoms with Crippen LogP contribution in [-0.2, 0) is 9.53 Å². The molecule has 5 heteroatoms. The van der Waals surface area contributed by atoms with Crippen molar-refractivity contribution in [2.24, 2.45) is 0 Å². The molecule has 1 aromatic heterocycles. The van der Waals surface area contributed by atoms with E-state index < -0.39 is 0 Å². The van der Waals surface area contributed by atoms with E-state index in [1.807, 2.05) is 20.8 Å². The third-order valence-corrected chi connectivity index (χ3v) is 2.98. The van der Waals surface area contributed by atoms with Gasteiger partial charge in [-0.05, 0) is 33.6 Å². The van der Waals surface area contributed by atoms with Crippen molar-refractivity contribution in [3.63, 3.8) is 0 Å². The lowest BCUT2D eigenvalue weighted by Crippen LogP contribution is -2.32. The van der Waals surface area contributed by atoms with E-state index in [0.29, 0.717) is 12.6 Å². The highest BCUT2D eigenvalue weighted by Gasteiger charge is 2.33. The predicted octanol–water partition coefficient (Wildman–Crippen LogP) is 1.38. The number of hydrogen-bond donors (Lipinski definition) is 2. The van der Waals surface area contributed by atoms with Crippen molar-refractivity contribution in [3.8, 4) is 0 Å². The minimum absolute atomic E-state index is 0.216. The van der Waals surface area contributed by atoms with Crippen molar-refractivity contribution in [2.45, 2.75) is 45.7 Å². The van der Waals surface area contributed by atoms with Gasteiger partial charge in [-0.2, -0.15) is 5.10 Å². The summed E-state index contributed by atoms with van der Waals surface area (Å²) < 4.78 is 5.12. The molecule has 1 aromatic rings. The summed E-state index contributed by atoms with van der Waals surface area (Å²) in [5.74, 6) is -0.216. The third kappa shape index (κ3) is 2.66. The number of carbonyl (C=O) groups is 1. The summed E-state index contributed by atoms with van der Waals surface area (Å²) >= 11 is 0. The van der Waals surface area contributed by atoms with Crippen molar-refractivity contribution >= 4 is 5.97 Å². The van der Waals surface area contributed by atoms with Crippen LogP contribution >= 0.6 is 0 Å². The third-order valence-electron chi connectivity index (χ3n) is 2.98. The minimum atomic E-state index is -0.388. The highest BCUT2D eigenvalue weighted by molar-refractivity contribution is 5.78. The second kappa shape index (κ2) is 4.87. The predicted molar refractivity (Wildman–Crippen MR) is 63.6 cm³/mol. The standard InChI is InChI=1S/C12H19N3O2/c1-4-17-12(16)11(13-9-5-6-9)10-7(2)14-15-8(10)3/h9,11,13H,4-6H2,1-3H3,(H,14,15). The normalized spacial score (nSPS) is 16.9. The molecule has 0 aromatic carbocycles. The molecule has 0 aliphatic heterocycles. The smallest absolute Gasteiger partial charge is 0.327 e. The Bertz CT molecular complexity index is 390. The second-order valence-corrected chi connectivity index (χ2v) is 4.47. The maximum Gasteiger partial charge on any atom is 0.327 e. The van der Waals surface area contributed by atoms with E-state index in [1.165, 1.54) is 0 Å². The minimum Gasteiger partial charge on any atom is -0.465 e. The summed E-state index contributed by atoms with van der Waals surface area (Å²) in [6.45, 7) is 6.05. The maximum absolute atomic E-state index is 12.0. The number of ether oxygens (including phenoxy) is 1. The van der Waals surface area contributed by atoms with Gasteiger partial charge in [0.05, 0.1) is 12.3 Å². The summed E-state index contributed by atoms with van der Waals surface area (Å²) in [4.78, 5) is 12.0. The molecule has 0 spiro atoms. The summed E-state index contributed by atoms with van der Waals surface area (Å²) in [5, 5.41) is 10.4. The molecule has 1 unspecified atom stereocenters. The van der Waals surface area contributed by atoms with Gasteiger partial charge in [0.25, 0.3) is 0 Å². The topological polar surface area (TPSA) is 67.0 Å². The van der Waals surface area contributed by atoms with Gasteiger partial charge >= 0.3 is 5.97 Å². The van der Waals surface area contributed by atoms with Gasteiger partial charge in [-0.1, -0.05) is 0 Å². The first-order valence-corrected chi connectivity index (χ1v) is 6.07. The van der Waals surface area contributed by atoms with E-state index >= 15 is 0 Å². The lowest BCUT2D eigenvalue weighted by molar-refractivity contribution is -0.146. The number of rotatable bonds is 5. The van der Waals surface area contributed by atoms with Crippen LogP contribution in [0.2, 0.25) is 0 Å². The van der Waals surface area contributed by atoms with Crippen molar-refractivity contribution in [1.29, 1.82) is 0 Å². The summed E-state index contributed by atoms with van der Waals surface area (Å²) in [5.41, 5.74) is 2.71. The highest BCUT2D eigenvalue weighted by Crippen LogP contribution is 2.27. The quantitative estimate of drug-likeness (QED) is 0.759. The van der Waals surface area contributed by atoms with Crippen LogP contribution in [0.25, 0.3) is 0 Å². The molecule has 1 saturated carbocycles. The molecular weight excluding hydrogens is 218 g/mol. The Labute approximate surface area is 101 Å². The lowest BCUT2D eigenvalue weighted by atomic mass is 10.0. The molecule has 0 saturated heterocycles. The van der Waals surface area contributed by atoms with Gasteiger partial charge in [-0.15, -0.1) is 0 Å². The van der Waals surface area contributed by atoms with Crippen LogP contribution in [0.5, 0.6) is 0 Å². The molecular formula is C12H19N3O2. The molecule has 1 fully saturated rings. The Morgan fingerprint density at radius 2 is 2.29 bits per heavy atom. The Morgan fingerprint density at radius 1 is 1.59 bits per heavy atom. The SMILES string of the molecule is CCOC(=O)C(NC1CC1)c1c(C)n[nH]c1C. The average molecular weight is 237 g/mol. The number of esters is 1. The van der Waals surface area contributed by atoms with E-state index in [2.05, 4.69) is 15.5 Å². The molecule has 5 nitrogen and oxygen atoms in total. The van der Waals surface area contributed by atoms with E-state index in [-0.39, 0.29) is 12.0 Å². The van der Waals surface area contributed by atoms with Crippen LogP contribution in [0.15, 0.2) is 0 Å². The monoisotopic (exact) mass is 237 g/mol. The molecule has 0 amide bonds. The summed E-state index contributed by atoms with van der Waals surface area (Å²) in [7, 11) is 0. The van der Waals surface area contributed by atoms with E-state index in [9.17, 15) is 4.79 Å². The first kappa shape index (κ1) is 12.1. The number of carbonyl (C=O) groups excluding carboxylic acids is 1. The zero-order chi connectivity index (χ0) is 12.4. The average Bonchev–Trinajstić information content (AvgIpc) is 3.04. The first-order valence-electron chi connectivity index (χ1n) is 6.07. The highest BCUT2D eigenvalue weighted by atomic mass is 16.5. The van der Waals surface area contributed by atoms with Crippen LogP contribution in [0.4, 0.5) is 0 Å². The van der Waals surface area contributed by atoms with Gasteiger partial charge in [0.1, 0.15) is 6.04 Å². The number of nitrogens with zero attached hydrogens (tertiary/aromatic N) is 1.